The number of aromatic nitrogens is 1. The van der Waals surface area contributed by atoms with Crippen LogP contribution in [0.3, 0.4) is 0 Å². The average molecular weight is 448 g/mol. The minimum Gasteiger partial charge on any atom is -0.386 e. The zero-order chi connectivity index (χ0) is 22.8. The minimum absolute atomic E-state index is 0. The molecule has 0 saturated carbocycles. The summed E-state index contributed by atoms with van der Waals surface area (Å²) in [7, 11) is 5.28. The normalized spacial score (nSPS) is 18.0. The van der Waals surface area contributed by atoms with E-state index in [9.17, 15) is 4.21 Å². The van der Waals surface area contributed by atoms with Gasteiger partial charge in [-0.2, -0.15) is 0 Å². The maximum Gasteiger partial charge on any atom is 0.134 e. The highest BCUT2D eigenvalue weighted by Crippen LogP contribution is 2.31. The number of rotatable bonds is 8. The van der Waals surface area contributed by atoms with Gasteiger partial charge in [0.1, 0.15) is 5.82 Å². The Morgan fingerprint density at radius 3 is 2.42 bits per heavy atom. The van der Waals surface area contributed by atoms with Gasteiger partial charge in [-0.15, -0.1) is 0 Å². The molecular formula is C24H41N5OS. The van der Waals surface area contributed by atoms with Gasteiger partial charge >= 0.3 is 0 Å². The third kappa shape index (κ3) is 6.68. The molecule has 1 aliphatic heterocycles. The Hall–Kier alpha value is -2.12. The van der Waals surface area contributed by atoms with Crippen molar-refractivity contribution in [2.75, 3.05) is 48.2 Å². The molecule has 0 atom stereocenters. The number of hydrogen-bond acceptors (Lipinski definition) is 6. The summed E-state index contributed by atoms with van der Waals surface area (Å²) < 4.78 is 11.5. The van der Waals surface area contributed by atoms with Gasteiger partial charge in [0.2, 0.25) is 0 Å². The lowest BCUT2D eigenvalue weighted by Crippen LogP contribution is -2.35. The van der Waals surface area contributed by atoms with Crippen molar-refractivity contribution in [1.82, 2.24) is 10.3 Å². The fraction of sp³-hybridized carbons (Fsp3) is 0.542. The molecule has 0 radical (unpaired) electrons. The minimum atomic E-state index is -0.605. The van der Waals surface area contributed by atoms with E-state index in [2.05, 4.69) is 64.1 Å². The molecule has 3 N–H and O–H groups in total. The highest BCUT2D eigenvalue weighted by atomic mass is 32.2. The Kier molecular flexibility index (Phi) is 10.3. The van der Waals surface area contributed by atoms with E-state index >= 15 is 0 Å². The summed E-state index contributed by atoms with van der Waals surface area (Å²) in [4.78, 5) is 6.77. The van der Waals surface area contributed by atoms with Gasteiger partial charge in [-0.1, -0.05) is 32.9 Å². The Morgan fingerprint density at radius 1 is 1.13 bits per heavy atom. The molecule has 1 fully saturated rings. The van der Waals surface area contributed by atoms with Crippen LogP contribution in [0, 0.1) is 0 Å². The molecule has 0 bridgehead atoms. The second-order valence-corrected chi connectivity index (χ2v) is 9.16. The SMILES string of the molecule is CC.CCc1cc(CNC2CCS(=O)CC2)ccc1N(C)c1cc(NC)c(NC)cn1.[HH]. The standard InChI is InChI=1S/C22H33N5OS.C2H6.H2/c1-5-17-12-16(14-25-18-8-10-29(28)11-9-18)6-7-21(17)27(4)22-13-19(23-2)20(24-3)15-26-22;1-2;/h6-7,12-13,15,18,24-25H,5,8-11,14H2,1-4H3,(H,23,26);1-2H3;1H. The van der Waals surface area contributed by atoms with Crippen LogP contribution in [0.1, 0.15) is 46.2 Å². The van der Waals surface area contributed by atoms with Crippen molar-refractivity contribution in [1.29, 1.82) is 0 Å². The predicted molar refractivity (Wildman–Crippen MR) is 138 cm³/mol. The smallest absolute Gasteiger partial charge is 0.134 e. The van der Waals surface area contributed by atoms with Gasteiger partial charge in [0, 0.05) is 69.2 Å². The van der Waals surface area contributed by atoms with Crippen molar-refractivity contribution in [2.24, 2.45) is 0 Å². The Bertz CT molecular complexity index is 854. The quantitative estimate of drug-likeness (QED) is 0.542. The lowest BCUT2D eigenvalue weighted by Gasteiger charge is -2.25. The Morgan fingerprint density at radius 2 is 1.81 bits per heavy atom. The topological polar surface area (TPSA) is 69.3 Å². The van der Waals surface area contributed by atoms with Crippen molar-refractivity contribution >= 4 is 33.7 Å². The van der Waals surface area contributed by atoms with Crippen LogP contribution in [-0.4, -0.2) is 47.9 Å². The molecule has 0 amide bonds. The lowest BCUT2D eigenvalue weighted by molar-refractivity contribution is 0.475. The van der Waals surface area contributed by atoms with E-state index in [1.165, 1.54) is 16.8 Å². The molecule has 2 heterocycles. The number of benzene rings is 1. The van der Waals surface area contributed by atoms with E-state index in [1.54, 1.807) is 0 Å². The van der Waals surface area contributed by atoms with Crippen LogP contribution >= 0.6 is 0 Å². The third-order valence-electron chi connectivity index (χ3n) is 5.64. The monoisotopic (exact) mass is 447 g/mol. The summed E-state index contributed by atoms with van der Waals surface area (Å²) >= 11 is 0. The van der Waals surface area contributed by atoms with E-state index in [-0.39, 0.29) is 1.43 Å². The maximum atomic E-state index is 11.5. The molecule has 1 aromatic heterocycles. The fourth-order valence-electron chi connectivity index (χ4n) is 3.78. The molecule has 0 aliphatic carbocycles. The molecule has 174 valence electrons. The molecular weight excluding hydrogens is 406 g/mol. The molecule has 7 heteroatoms. The van der Waals surface area contributed by atoms with Crippen LogP contribution in [0.5, 0.6) is 0 Å². The molecule has 1 aliphatic rings. The molecule has 1 aromatic carbocycles. The van der Waals surface area contributed by atoms with Crippen LogP contribution in [0.4, 0.5) is 22.9 Å². The highest BCUT2D eigenvalue weighted by Gasteiger charge is 2.17. The van der Waals surface area contributed by atoms with E-state index in [4.69, 9.17) is 0 Å². The number of nitrogens with one attached hydrogen (secondary N) is 3. The maximum absolute atomic E-state index is 11.5. The van der Waals surface area contributed by atoms with Gasteiger partial charge in [0.15, 0.2) is 0 Å². The number of aryl methyl sites for hydroxylation is 1. The van der Waals surface area contributed by atoms with Crippen LogP contribution in [0.25, 0.3) is 0 Å². The van der Waals surface area contributed by atoms with Crippen LogP contribution in [-0.2, 0) is 23.8 Å². The van der Waals surface area contributed by atoms with Crippen molar-refractivity contribution < 1.29 is 5.64 Å². The second-order valence-electron chi connectivity index (χ2n) is 7.47. The van der Waals surface area contributed by atoms with E-state index in [0.717, 1.165) is 54.5 Å². The van der Waals surface area contributed by atoms with Crippen molar-refractivity contribution in [3.63, 3.8) is 0 Å². The lowest BCUT2D eigenvalue weighted by atomic mass is 10.0. The highest BCUT2D eigenvalue weighted by molar-refractivity contribution is 7.85. The zero-order valence-corrected chi connectivity index (χ0v) is 20.7. The largest absolute Gasteiger partial charge is 0.386 e. The number of hydrogen-bond donors (Lipinski definition) is 3. The summed E-state index contributed by atoms with van der Waals surface area (Å²) in [5, 5.41) is 10.0. The van der Waals surface area contributed by atoms with Gasteiger partial charge in [0.05, 0.1) is 17.6 Å². The van der Waals surface area contributed by atoms with Crippen LogP contribution < -0.4 is 20.9 Å². The van der Waals surface area contributed by atoms with Crippen LogP contribution in [0.15, 0.2) is 30.5 Å². The molecule has 0 unspecified atom stereocenters. The summed E-state index contributed by atoms with van der Waals surface area (Å²) in [5.74, 6) is 2.56. The predicted octanol–water partition coefficient (Wildman–Crippen LogP) is 4.77. The first-order valence-electron chi connectivity index (χ1n) is 11.3. The second kappa shape index (κ2) is 12.7. The van der Waals surface area contributed by atoms with E-state index in [1.807, 2.05) is 34.1 Å². The average Bonchev–Trinajstić information content (AvgIpc) is 2.83. The van der Waals surface area contributed by atoms with Crippen molar-refractivity contribution in [2.45, 2.75) is 52.6 Å². The van der Waals surface area contributed by atoms with Gasteiger partial charge in [0.25, 0.3) is 0 Å². The molecule has 6 nitrogen and oxygen atoms in total. The van der Waals surface area contributed by atoms with Gasteiger partial charge in [-0.3, -0.25) is 4.21 Å². The van der Waals surface area contributed by atoms with Gasteiger partial charge < -0.3 is 20.9 Å². The molecule has 3 rings (SSSR count). The summed E-state index contributed by atoms with van der Waals surface area (Å²) in [6.45, 7) is 7.05. The molecule has 1 saturated heterocycles. The fourth-order valence-corrected chi connectivity index (χ4v) is 5.08. The Labute approximate surface area is 192 Å². The third-order valence-corrected chi connectivity index (χ3v) is 7.02. The van der Waals surface area contributed by atoms with Crippen molar-refractivity contribution in [3.05, 3.63) is 41.6 Å². The van der Waals surface area contributed by atoms with Crippen LogP contribution in [0.2, 0.25) is 0 Å². The number of pyridine rings is 1. The molecule has 2 aromatic rings. The van der Waals surface area contributed by atoms with Gasteiger partial charge in [-0.05, 0) is 36.5 Å². The molecule has 31 heavy (non-hydrogen) atoms. The van der Waals surface area contributed by atoms with E-state index in [0.29, 0.717) is 6.04 Å². The summed E-state index contributed by atoms with van der Waals surface area (Å²) in [6.07, 6.45) is 4.84. The van der Waals surface area contributed by atoms with E-state index < -0.39 is 10.8 Å². The Balaban J connectivity index is 0.00000166. The first-order valence-corrected chi connectivity index (χ1v) is 12.8. The summed E-state index contributed by atoms with van der Waals surface area (Å²) in [5.41, 5.74) is 5.78. The summed E-state index contributed by atoms with van der Waals surface area (Å²) in [6, 6.07) is 9.22. The van der Waals surface area contributed by atoms with Crippen molar-refractivity contribution in [3.8, 4) is 0 Å². The first kappa shape index (κ1) is 25.1. The number of anilines is 4. The first-order chi connectivity index (χ1) is 15.0. The zero-order valence-electron chi connectivity index (χ0n) is 19.9. The van der Waals surface area contributed by atoms with Gasteiger partial charge in [-0.25, -0.2) is 4.98 Å². The molecule has 0 spiro atoms. The number of nitrogens with zero attached hydrogens (tertiary/aromatic N) is 2.